The quantitative estimate of drug-likeness (QED) is 0.0526. The molecule has 0 aliphatic rings. The summed E-state index contributed by atoms with van der Waals surface area (Å²) in [5, 5.41) is 45.2. The third-order valence-corrected chi connectivity index (χ3v) is 11.0. The van der Waals surface area contributed by atoms with Crippen LogP contribution in [0.3, 0.4) is 0 Å². The summed E-state index contributed by atoms with van der Waals surface area (Å²) in [4.78, 5) is 17.8. The van der Waals surface area contributed by atoms with Gasteiger partial charge in [-0.05, 0) is 11.4 Å². The predicted molar refractivity (Wildman–Crippen MR) is 235 cm³/mol. The second-order valence-corrected chi connectivity index (χ2v) is 19.3. The van der Waals surface area contributed by atoms with Crippen molar-refractivity contribution in [1.29, 1.82) is 5.26 Å². The number of aromatic nitrogens is 11. The maximum atomic E-state index is 11.8. The molecule has 5 heterocycles. The van der Waals surface area contributed by atoms with E-state index in [4.69, 9.17) is 28.2 Å². The van der Waals surface area contributed by atoms with Crippen molar-refractivity contribution in [3.63, 3.8) is 0 Å². The van der Waals surface area contributed by atoms with Crippen LogP contribution in [0.1, 0.15) is 58.5 Å². The molecule has 0 amide bonds. The number of hydrogen-bond acceptors (Lipinski definition) is 21. The van der Waals surface area contributed by atoms with Crippen LogP contribution in [0, 0.1) is 30.0 Å². The minimum absolute atomic E-state index is 0. The van der Waals surface area contributed by atoms with Crippen LogP contribution in [0.5, 0.6) is 0 Å². The number of hydrogen-bond donors (Lipinski definition) is 2. The molecule has 0 saturated heterocycles. The molecule has 32 heteroatoms. The molecule has 0 saturated carbocycles. The van der Waals surface area contributed by atoms with Crippen molar-refractivity contribution in [2.24, 2.45) is 20.5 Å². The van der Waals surface area contributed by atoms with Gasteiger partial charge in [-0.3, -0.25) is 26.2 Å². The van der Waals surface area contributed by atoms with E-state index < -0.39 is 40.9 Å². The van der Waals surface area contributed by atoms with Crippen LogP contribution in [-0.2, 0) is 31.1 Å². The molecule has 0 spiro atoms. The van der Waals surface area contributed by atoms with Gasteiger partial charge in [-0.2, -0.15) is 86.4 Å². The third-order valence-electron chi connectivity index (χ3n) is 9.35. The molecule has 0 unspecified atom stereocenters. The van der Waals surface area contributed by atoms with Gasteiger partial charge in [-0.1, -0.05) is 51.3 Å². The van der Waals surface area contributed by atoms with E-state index in [1.165, 1.54) is 33.9 Å². The smallest absolute Gasteiger partial charge is 0.754 e. The summed E-state index contributed by atoms with van der Waals surface area (Å²) in [6, 6.07) is 13.9. The molecule has 71 heavy (non-hydrogen) atoms. The van der Waals surface area contributed by atoms with E-state index in [2.05, 4.69) is 62.6 Å². The van der Waals surface area contributed by atoms with Crippen molar-refractivity contribution < 1.29 is 101 Å². The van der Waals surface area contributed by atoms with Gasteiger partial charge in [0.2, 0.25) is 5.95 Å². The van der Waals surface area contributed by atoms with E-state index >= 15 is 0 Å². The van der Waals surface area contributed by atoms with Crippen molar-refractivity contribution in [2.75, 3.05) is 30.5 Å². The predicted octanol–water partition coefficient (Wildman–Crippen LogP) is -6.88. The average Bonchev–Trinajstić information content (AvgIpc) is 4.03. The Kier molecular flexibility index (Phi) is 18.6. The Balaban J connectivity index is 0.00000333. The first-order chi connectivity index (χ1) is 31.3. The van der Waals surface area contributed by atoms with Crippen molar-refractivity contribution >= 4 is 66.5 Å². The SMILES string of the molecule is [C-]#[N+]c1cnn(-c2c[c-]cc(S(=O)(=O)[O-])c2)c1N=Nc1c(C(C)(C)C)nn(-c2nc(N(C)C)nc(-n3nc(C(C)(C)C)c(N=Nc4c(C#N)cnn4-c4c[c-]cc(S(=O)(=O)[O-])c4)c3N)n2)c1N.[Li+].[Li+].[Li+].[Li+]. The zero-order valence-corrected chi connectivity index (χ0v) is 42.2. The van der Waals surface area contributed by atoms with E-state index in [9.17, 15) is 31.2 Å². The first-order valence-electron chi connectivity index (χ1n) is 19.3. The standard InChI is InChI=1S/C39H38N20O6S2.4Li/c1-38(2,3)29-27(49-51-33-21(18-40)19-44-56(33)22-12-10-14-24(16-22)66(60,61)62)31(41)58(53-29)36-46-35(55(8)9)47-37(48-36)59-32(42)28(30(54-59)39(4,5)6)50-52-34-26(43-7)20-45-57(34)23-13-11-15-25(17-23)67(63,64)65;;;;/h12-17,19-20H,41-42H2,1-6,8-9H3,(H,60,61,62)(H,63,64,65);;;;/q-2;4*+1/p-2. The number of benzene rings is 2. The van der Waals surface area contributed by atoms with E-state index in [1.54, 1.807) is 19.0 Å². The molecule has 0 aliphatic carbocycles. The number of nitriles is 1. The maximum absolute atomic E-state index is 11.8. The van der Waals surface area contributed by atoms with Gasteiger partial charge in [-0.15, -0.1) is 32.6 Å². The van der Waals surface area contributed by atoms with Crippen LogP contribution in [0.15, 0.2) is 79.0 Å². The fourth-order valence-corrected chi connectivity index (χ4v) is 7.05. The van der Waals surface area contributed by atoms with E-state index in [-0.39, 0.29) is 151 Å². The van der Waals surface area contributed by atoms with E-state index in [0.717, 1.165) is 33.6 Å². The Morgan fingerprint density at radius 3 is 1.51 bits per heavy atom. The Morgan fingerprint density at radius 2 is 1.11 bits per heavy atom. The molecule has 0 bridgehead atoms. The molecule has 344 valence electrons. The molecule has 0 radical (unpaired) electrons. The number of nitrogen functional groups attached to an aromatic ring is 2. The fraction of sp³-hybridized carbons (Fsp3) is 0.256. The summed E-state index contributed by atoms with van der Waals surface area (Å²) >= 11 is 0. The summed E-state index contributed by atoms with van der Waals surface area (Å²) in [5.41, 5.74) is 12.8. The van der Waals surface area contributed by atoms with Crippen LogP contribution < -0.4 is 91.8 Å². The van der Waals surface area contributed by atoms with Crippen molar-refractivity contribution in [3.05, 3.63) is 89.3 Å². The summed E-state index contributed by atoms with van der Waals surface area (Å²) in [7, 11) is -6.37. The second-order valence-electron chi connectivity index (χ2n) is 16.6. The number of azo groups is 2. The van der Waals surface area contributed by atoms with Gasteiger partial charge in [0.15, 0.2) is 34.6 Å². The van der Waals surface area contributed by atoms with Crippen LogP contribution in [0.25, 0.3) is 28.1 Å². The van der Waals surface area contributed by atoms with Crippen LogP contribution >= 0.6 is 0 Å². The third kappa shape index (κ3) is 12.2. The number of nitrogens with two attached hydrogens (primary N) is 2. The van der Waals surface area contributed by atoms with Gasteiger partial charge in [0.05, 0.1) is 50.6 Å². The number of nitrogens with zero attached hydrogens (tertiary/aromatic N) is 18. The van der Waals surface area contributed by atoms with Gasteiger partial charge < -0.3 is 25.5 Å². The minimum atomic E-state index is -4.86. The van der Waals surface area contributed by atoms with Gasteiger partial charge >= 0.3 is 75.4 Å². The normalized spacial score (nSPS) is 11.8. The summed E-state index contributed by atoms with van der Waals surface area (Å²) in [5.74, 6) is -0.583. The second kappa shape index (κ2) is 22.2. The summed E-state index contributed by atoms with van der Waals surface area (Å²) in [6.07, 6.45) is 2.37. The van der Waals surface area contributed by atoms with Crippen LogP contribution in [-0.4, -0.2) is 94.1 Å². The van der Waals surface area contributed by atoms with Gasteiger partial charge in [0.25, 0.3) is 17.6 Å². The summed E-state index contributed by atoms with van der Waals surface area (Å²) in [6.45, 7) is 18.8. The van der Waals surface area contributed by atoms with E-state index in [1.807, 2.05) is 47.6 Å². The molecule has 26 nitrogen and oxygen atoms in total. The zero-order chi connectivity index (χ0) is 49.0. The topological polar surface area (TPSA) is 357 Å². The Labute approximate surface area is 455 Å². The van der Waals surface area contributed by atoms with Crippen LogP contribution in [0.4, 0.5) is 46.3 Å². The first-order valence-corrected chi connectivity index (χ1v) is 22.1. The Bertz CT molecular complexity index is 3280. The fourth-order valence-electron chi connectivity index (χ4n) is 6.10. The molecule has 4 N–H and O–H groups in total. The van der Waals surface area contributed by atoms with Crippen molar-refractivity contribution in [2.45, 2.75) is 62.2 Å². The molecule has 0 aliphatic heterocycles. The number of rotatable bonds is 11. The molecular formula is C39H36Li4N20O6S2. The molecule has 2 aromatic carbocycles. The molecule has 0 fully saturated rings. The zero-order valence-electron chi connectivity index (χ0n) is 40.6. The molecular weight excluding hydrogens is 936 g/mol. The van der Waals surface area contributed by atoms with Gasteiger partial charge in [-0.25, -0.2) is 4.85 Å². The molecule has 5 aromatic heterocycles. The van der Waals surface area contributed by atoms with Crippen molar-refractivity contribution in [3.8, 4) is 29.3 Å². The Hall–Kier alpha value is -5.92. The van der Waals surface area contributed by atoms with Crippen molar-refractivity contribution in [1.82, 2.24) is 54.1 Å². The minimum Gasteiger partial charge on any atom is -0.754 e. The number of anilines is 3. The Morgan fingerprint density at radius 1 is 0.690 bits per heavy atom. The molecule has 7 rings (SSSR count). The average molecular weight is 973 g/mol. The van der Waals surface area contributed by atoms with Gasteiger partial charge in [0, 0.05) is 24.9 Å². The maximum Gasteiger partial charge on any atom is 1.00 e. The molecule has 0 atom stereocenters. The molecule has 7 aromatic rings. The van der Waals surface area contributed by atoms with Crippen LogP contribution in [0.2, 0.25) is 0 Å². The summed E-state index contributed by atoms with van der Waals surface area (Å²) < 4.78 is 75.3. The van der Waals surface area contributed by atoms with E-state index in [0.29, 0.717) is 11.4 Å². The monoisotopic (exact) mass is 972 g/mol. The first kappa shape index (κ1) is 59.4. The van der Waals surface area contributed by atoms with Gasteiger partial charge in [0.1, 0.15) is 11.6 Å². The largest absolute Gasteiger partial charge is 1.00 e.